The second-order valence-corrected chi connectivity index (χ2v) is 3.82. The maximum atomic E-state index is 5.83. The van der Waals surface area contributed by atoms with Gasteiger partial charge in [0.05, 0.1) is 6.54 Å². The second-order valence-electron chi connectivity index (χ2n) is 3.43. The number of nitrogens with zero attached hydrogens (tertiary/aromatic N) is 4. The molecule has 16 heavy (non-hydrogen) atoms. The topological polar surface area (TPSA) is 55.6 Å². The zero-order chi connectivity index (χ0) is 11.5. The first-order chi connectivity index (χ1) is 7.65. The Morgan fingerprint density at radius 1 is 1.44 bits per heavy atom. The van der Waals surface area contributed by atoms with Crippen molar-refractivity contribution in [1.29, 1.82) is 0 Å². The zero-order valence-corrected chi connectivity index (χ0v) is 9.86. The Morgan fingerprint density at radius 3 is 2.88 bits per heavy atom. The van der Waals surface area contributed by atoms with Gasteiger partial charge in [0.25, 0.3) is 0 Å². The van der Waals surface area contributed by atoms with Gasteiger partial charge in [-0.05, 0) is 6.92 Å². The van der Waals surface area contributed by atoms with Gasteiger partial charge in [0.2, 0.25) is 0 Å². The minimum absolute atomic E-state index is 0.440. The highest BCUT2D eigenvalue weighted by atomic mass is 35.5. The van der Waals surface area contributed by atoms with Crippen molar-refractivity contribution in [2.24, 2.45) is 7.05 Å². The first-order valence-corrected chi connectivity index (χ1v) is 5.24. The standard InChI is InChI=1S/C10H12ClN5/c1-7-14-8(11)5-9(15-7)13-6-10-12-3-4-16(10)2/h3-5H,6H2,1-2H3,(H,13,14,15). The number of imidazole rings is 1. The largest absolute Gasteiger partial charge is 0.363 e. The predicted octanol–water partition coefficient (Wildman–Crippen LogP) is 1.78. The second kappa shape index (κ2) is 4.49. The number of rotatable bonds is 3. The summed E-state index contributed by atoms with van der Waals surface area (Å²) in [5.41, 5.74) is 0. The molecule has 0 aliphatic carbocycles. The number of aryl methyl sites for hydroxylation is 2. The van der Waals surface area contributed by atoms with Crippen LogP contribution < -0.4 is 5.32 Å². The predicted molar refractivity (Wildman–Crippen MR) is 62.3 cm³/mol. The molecular weight excluding hydrogens is 226 g/mol. The van der Waals surface area contributed by atoms with Crippen LogP contribution in [0.2, 0.25) is 5.15 Å². The third-order valence-electron chi connectivity index (χ3n) is 2.16. The molecule has 0 saturated carbocycles. The summed E-state index contributed by atoms with van der Waals surface area (Å²) in [6.45, 7) is 2.41. The number of halogens is 1. The van der Waals surface area contributed by atoms with Gasteiger partial charge in [0, 0.05) is 25.5 Å². The molecule has 0 aliphatic heterocycles. The minimum atomic E-state index is 0.440. The summed E-state index contributed by atoms with van der Waals surface area (Å²) in [6, 6.07) is 1.69. The van der Waals surface area contributed by atoms with Gasteiger partial charge in [-0.3, -0.25) is 0 Å². The van der Waals surface area contributed by atoms with Crippen LogP contribution in [0.1, 0.15) is 11.6 Å². The van der Waals surface area contributed by atoms with E-state index in [0.29, 0.717) is 23.3 Å². The highest BCUT2D eigenvalue weighted by Crippen LogP contribution is 2.11. The fourth-order valence-corrected chi connectivity index (χ4v) is 1.58. The maximum absolute atomic E-state index is 5.83. The number of anilines is 1. The van der Waals surface area contributed by atoms with Gasteiger partial charge in [-0.2, -0.15) is 0 Å². The molecule has 0 unspecified atom stereocenters. The van der Waals surface area contributed by atoms with Crippen molar-refractivity contribution in [2.45, 2.75) is 13.5 Å². The highest BCUT2D eigenvalue weighted by Gasteiger charge is 2.02. The van der Waals surface area contributed by atoms with Crippen molar-refractivity contribution in [3.8, 4) is 0 Å². The zero-order valence-electron chi connectivity index (χ0n) is 9.11. The first-order valence-electron chi connectivity index (χ1n) is 4.86. The molecule has 0 aromatic carbocycles. The lowest BCUT2D eigenvalue weighted by Gasteiger charge is -2.06. The Bertz CT molecular complexity index is 473. The number of aromatic nitrogens is 4. The van der Waals surface area contributed by atoms with E-state index in [1.807, 2.05) is 17.8 Å². The van der Waals surface area contributed by atoms with Crippen LogP contribution in [0, 0.1) is 6.92 Å². The van der Waals surface area contributed by atoms with Gasteiger partial charge in [0.1, 0.15) is 22.6 Å². The smallest absolute Gasteiger partial charge is 0.134 e. The molecule has 2 aromatic rings. The van der Waals surface area contributed by atoms with Gasteiger partial charge in [-0.1, -0.05) is 11.6 Å². The average molecular weight is 238 g/mol. The van der Waals surface area contributed by atoms with Crippen molar-refractivity contribution in [1.82, 2.24) is 19.5 Å². The van der Waals surface area contributed by atoms with E-state index in [1.54, 1.807) is 19.2 Å². The van der Waals surface area contributed by atoms with E-state index in [0.717, 1.165) is 5.82 Å². The summed E-state index contributed by atoms with van der Waals surface area (Å²) in [7, 11) is 1.95. The summed E-state index contributed by atoms with van der Waals surface area (Å²) in [4.78, 5) is 12.4. The Labute approximate surface area is 98.5 Å². The first kappa shape index (κ1) is 10.9. The SMILES string of the molecule is Cc1nc(Cl)cc(NCc2nccn2C)n1. The summed E-state index contributed by atoms with van der Waals surface area (Å²) in [6.07, 6.45) is 3.66. The molecule has 84 valence electrons. The van der Waals surface area contributed by atoms with Crippen molar-refractivity contribution < 1.29 is 0 Å². The van der Waals surface area contributed by atoms with Gasteiger partial charge >= 0.3 is 0 Å². The Hall–Kier alpha value is -1.62. The van der Waals surface area contributed by atoms with E-state index in [4.69, 9.17) is 11.6 Å². The Morgan fingerprint density at radius 2 is 2.25 bits per heavy atom. The molecule has 2 heterocycles. The van der Waals surface area contributed by atoms with Crippen LogP contribution in [-0.4, -0.2) is 19.5 Å². The number of hydrogen-bond donors (Lipinski definition) is 1. The van der Waals surface area contributed by atoms with E-state index < -0.39 is 0 Å². The lowest BCUT2D eigenvalue weighted by atomic mass is 10.5. The third kappa shape index (κ3) is 2.49. The van der Waals surface area contributed by atoms with Gasteiger partial charge in [-0.15, -0.1) is 0 Å². The molecule has 0 aliphatic rings. The van der Waals surface area contributed by atoms with Gasteiger partial charge in [-0.25, -0.2) is 15.0 Å². The molecule has 0 spiro atoms. The molecule has 5 nitrogen and oxygen atoms in total. The molecule has 0 amide bonds. The van der Waals surface area contributed by atoms with E-state index >= 15 is 0 Å². The minimum Gasteiger partial charge on any atom is -0.363 e. The summed E-state index contributed by atoms with van der Waals surface area (Å²) in [5, 5.41) is 3.59. The molecule has 0 radical (unpaired) electrons. The summed E-state index contributed by atoms with van der Waals surface area (Å²) >= 11 is 5.83. The molecule has 2 aromatic heterocycles. The van der Waals surface area contributed by atoms with E-state index in [-0.39, 0.29) is 0 Å². The van der Waals surface area contributed by atoms with Crippen molar-refractivity contribution in [3.05, 3.63) is 35.3 Å². The van der Waals surface area contributed by atoms with Crippen molar-refractivity contribution in [3.63, 3.8) is 0 Å². The van der Waals surface area contributed by atoms with Crippen LogP contribution in [0.15, 0.2) is 18.5 Å². The van der Waals surface area contributed by atoms with E-state index in [9.17, 15) is 0 Å². The molecule has 6 heteroatoms. The van der Waals surface area contributed by atoms with Gasteiger partial charge in [0.15, 0.2) is 0 Å². The molecule has 0 saturated heterocycles. The fraction of sp³-hybridized carbons (Fsp3) is 0.300. The molecule has 0 bridgehead atoms. The quantitative estimate of drug-likeness (QED) is 0.827. The molecule has 0 fully saturated rings. The van der Waals surface area contributed by atoms with Crippen LogP contribution in [0.4, 0.5) is 5.82 Å². The van der Waals surface area contributed by atoms with Crippen LogP contribution >= 0.6 is 11.6 Å². The third-order valence-corrected chi connectivity index (χ3v) is 2.35. The van der Waals surface area contributed by atoms with E-state index in [2.05, 4.69) is 20.3 Å². The fourth-order valence-electron chi connectivity index (χ4n) is 1.36. The van der Waals surface area contributed by atoms with Gasteiger partial charge < -0.3 is 9.88 Å². The lowest BCUT2D eigenvalue weighted by molar-refractivity contribution is 0.809. The average Bonchev–Trinajstić information content (AvgIpc) is 2.59. The molecule has 0 atom stereocenters. The lowest BCUT2D eigenvalue weighted by Crippen LogP contribution is -2.07. The maximum Gasteiger partial charge on any atom is 0.134 e. The monoisotopic (exact) mass is 237 g/mol. The van der Waals surface area contributed by atoms with Crippen LogP contribution in [0.5, 0.6) is 0 Å². The Balaban J connectivity index is 2.07. The van der Waals surface area contributed by atoms with Crippen LogP contribution in [-0.2, 0) is 13.6 Å². The van der Waals surface area contributed by atoms with Crippen molar-refractivity contribution in [2.75, 3.05) is 5.32 Å². The molecular formula is C10H12ClN5. The van der Waals surface area contributed by atoms with Crippen molar-refractivity contribution >= 4 is 17.4 Å². The summed E-state index contributed by atoms with van der Waals surface area (Å²) < 4.78 is 1.95. The number of hydrogen-bond acceptors (Lipinski definition) is 4. The molecule has 2 rings (SSSR count). The van der Waals surface area contributed by atoms with Crippen LogP contribution in [0.25, 0.3) is 0 Å². The summed E-state index contributed by atoms with van der Waals surface area (Å²) in [5.74, 6) is 2.29. The normalized spacial score (nSPS) is 10.4. The highest BCUT2D eigenvalue weighted by molar-refractivity contribution is 6.29. The van der Waals surface area contributed by atoms with Crippen LogP contribution in [0.3, 0.4) is 0 Å². The Kier molecular flexibility index (Phi) is 3.05. The number of nitrogens with one attached hydrogen (secondary N) is 1. The molecule has 1 N–H and O–H groups in total. The van der Waals surface area contributed by atoms with E-state index in [1.165, 1.54) is 0 Å².